The first-order chi connectivity index (χ1) is 9.31. The zero-order valence-corrected chi connectivity index (χ0v) is 11.0. The molecule has 0 spiro atoms. The highest BCUT2D eigenvalue weighted by Gasteiger charge is 2.04. The van der Waals surface area contributed by atoms with E-state index in [1.165, 1.54) is 6.33 Å². The predicted octanol–water partition coefficient (Wildman–Crippen LogP) is 1.16. The van der Waals surface area contributed by atoms with Gasteiger partial charge in [-0.2, -0.15) is 0 Å². The van der Waals surface area contributed by atoms with Crippen LogP contribution in [0.3, 0.4) is 0 Å². The molecule has 0 aliphatic rings. The average Bonchev–Trinajstić information content (AvgIpc) is 2.93. The molecule has 0 fully saturated rings. The maximum atomic E-state index is 5.37. The summed E-state index contributed by atoms with van der Waals surface area (Å²) < 4.78 is 2.08. The second kappa shape index (κ2) is 6.69. The van der Waals surface area contributed by atoms with Crippen molar-refractivity contribution in [2.75, 3.05) is 17.3 Å². The number of nitrogen functional groups attached to an aromatic ring is 1. The molecule has 4 N–H and O–H groups in total. The fourth-order valence-electron chi connectivity index (χ4n) is 1.82. The van der Waals surface area contributed by atoms with E-state index in [0.29, 0.717) is 5.82 Å². The zero-order valence-electron chi connectivity index (χ0n) is 11.0. The van der Waals surface area contributed by atoms with Crippen LogP contribution in [-0.4, -0.2) is 26.1 Å². The van der Waals surface area contributed by atoms with Crippen molar-refractivity contribution in [2.24, 2.45) is 5.84 Å². The van der Waals surface area contributed by atoms with Crippen LogP contribution < -0.4 is 16.6 Å². The molecular formula is C12H19N7. The van der Waals surface area contributed by atoms with Crippen molar-refractivity contribution in [1.82, 2.24) is 19.5 Å². The summed E-state index contributed by atoms with van der Waals surface area (Å²) in [6.45, 7) is 3.79. The number of hydrogen-bond donors (Lipinski definition) is 3. The smallest absolute Gasteiger partial charge is 0.148 e. The minimum atomic E-state index is 0.649. The van der Waals surface area contributed by atoms with Crippen molar-refractivity contribution >= 4 is 11.6 Å². The van der Waals surface area contributed by atoms with Crippen LogP contribution in [-0.2, 0) is 6.54 Å². The lowest BCUT2D eigenvalue weighted by Gasteiger charge is -2.10. The third-order valence-corrected chi connectivity index (χ3v) is 2.92. The lowest BCUT2D eigenvalue weighted by atomic mass is 10.3. The van der Waals surface area contributed by atoms with E-state index in [4.69, 9.17) is 5.84 Å². The summed E-state index contributed by atoms with van der Waals surface area (Å²) in [5, 5.41) is 3.30. The van der Waals surface area contributed by atoms with Crippen LogP contribution in [0.2, 0.25) is 0 Å². The van der Waals surface area contributed by atoms with Crippen molar-refractivity contribution < 1.29 is 0 Å². The molecule has 102 valence electrons. The molecule has 0 unspecified atom stereocenters. The summed E-state index contributed by atoms with van der Waals surface area (Å²) in [7, 11) is 0. The van der Waals surface area contributed by atoms with Gasteiger partial charge in [-0.3, -0.25) is 0 Å². The lowest BCUT2D eigenvalue weighted by molar-refractivity contribution is 0.620. The summed E-state index contributed by atoms with van der Waals surface area (Å²) in [5.74, 6) is 6.85. The molecule has 7 nitrogen and oxygen atoms in total. The van der Waals surface area contributed by atoms with E-state index in [2.05, 4.69) is 30.3 Å². The number of imidazole rings is 1. The number of nitrogens with two attached hydrogens (primary N) is 1. The average molecular weight is 261 g/mol. The van der Waals surface area contributed by atoms with Crippen LogP contribution in [0.4, 0.5) is 11.6 Å². The van der Waals surface area contributed by atoms with Gasteiger partial charge in [0.05, 0.1) is 6.33 Å². The topological polar surface area (TPSA) is 93.7 Å². The predicted molar refractivity (Wildman–Crippen MR) is 74.5 cm³/mol. The SMILES string of the molecule is Cc1c(NN)ncnc1NCCCCn1ccnc1. The molecule has 0 aliphatic heterocycles. The second-order valence-corrected chi connectivity index (χ2v) is 4.27. The van der Waals surface area contributed by atoms with Gasteiger partial charge in [0.1, 0.15) is 18.0 Å². The highest BCUT2D eigenvalue weighted by atomic mass is 15.3. The maximum Gasteiger partial charge on any atom is 0.148 e. The molecule has 2 rings (SSSR count). The molecule has 0 amide bonds. The first kappa shape index (κ1) is 13.3. The van der Waals surface area contributed by atoms with Crippen molar-refractivity contribution in [1.29, 1.82) is 0 Å². The minimum absolute atomic E-state index is 0.649. The molecule has 0 aliphatic carbocycles. The van der Waals surface area contributed by atoms with Gasteiger partial charge < -0.3 is 15.3 Å². The highest BCUT2D eigenvalue weighted by Crippen LogP contribution is 2.16. The minimum Gasteiger partial charge on any atom is -0.370 e. The molecular weight excluding hydrogens is 242 g/mol. The summed E-state index contributed by atoms with van der Waals surface area (Å²) >= 11 is 0. The Bertz CT molecular complexity index is 495. The van der Waals surface area contributed by atoms with Crippen molar-refractivity contribution in [3.05, 3.63) is 30.6 Å². The van der Waals surface area contributed by atoms with Crippen LogP contribution in [0.15, 0.2) is 25.0 Å². The van der Waals surface area contributed by atoms with Gasteiger partial charge in [0.15, 0.2) is 0 Å². The van der Waals surface area contributed by atoms with E-state index in [-0.39, 0.29) is 0 Å². The van der Waals surface area contributed by atoms with Gasteiger partial charge in [-0.05, 0) is 19.8 Å². The van der Waals surface area contributed by atoms with E-state index >= 15 is 0 Å². The first-order valence-corrected chi connectivity index (χ1v) is 6.29. The third kappa shape index (κ3) is 3.65. The molecule has 0 aromatic carbocycles. The molecule has 2 aromatic heterocycles. The normalized spacial score (nSPS) is 10.4. The number of aromatic nitrogens is 4. The molecule has 0 saturated carbocycles. The van der Waals surface area contributed by atoms with Crippen LogP contribution in [0.1, 0.15) is 18.4 Å². The van der Waals surface area contributed by atoms with Crippen LogP contribution in [0, 0.1) is 6.92 Å². The van der Waals surface area contributed by atoms with E-state index in [1.807, 2.05) is 19.4 Å². The van der Waals surface area contributed by atoms with Gasteiger partial charge in [0, 0.05) is 31.0 Å². The number of hydrazine groups is 1. The molecule has 7 heteroatoms. The summed E-state index contributed by atoms with van der Waals surface area (Å²) in [4.78, 5) is 12.3. The lowest BCUT2D eigenvalue weighted by Crippen LogP contribution is -2.13. The number of hydrogen-bond acceptors (Lipinski definition) is 6. The Morgan fingerprint density at radius 2 is 2.11 bits per heavy atom. The zero-order chi connectivity index (χ0) is 13.5. The maximum absolute atomic E-state index is 5.37. The number of nitrogens with one attached hydrogen (secondary N) is 2. The van der Waals surface area contributed by atoms with Crippen LogP contribution in [0.5, 0.6) is 0 Å². The quantitative estimate of drug-likeness (QED) is 0.393. The molecule has 0 atom stereocenters. The number of anilines is 2. The van der Waals surface area contributed by atoms with Crippen molar-refractivity contribution in [3.8, 4) is 0 Å². The molecule has 0 radical (unpaired) electrons. The standard InChI is InChI=1S/C12H19N7/c1-10-11(16-8-17-12(10)18-13)15-4-2-3-6-19-7-5-14-9-19/h5,7-9H,2-4,6,13H2,1H3,(H2,15,16,17,18). The Morgan fingerprint density at radius 1 is 1.26 bits per heavy atom. The number of rotatable bonds is 7. The fourth-order valence-corrected chi connectivity index (χ4v) is 1.82. The largest absolute Gasteiger partial charge is 0.370 e. The van der Waals surface area contributed by atoms with Gasteiger partial charge in [-0.25, -0.2) is 20.8 Å². The Kier molecular flexibility index (Phi) is 4.68. The van der Waals surface area contributed by atoms with Gasteiger partial charge in [-0.15, -0.1) is 0 Å². The van der Waals surface area contributed by atoms with Gasteiger partial charge in [-0.1, -0.05) is 0 Å². The monoisotopic (exact) mass is 261 g/mol. The highest BCUT2D eigenvalue weighted by molar-refractivity contribution is 5.55. The van der Waals surface area contributed by atoms with E-state index in [0.717, 1.165) is 37.3 Å². The van der Waals surface area contributed by atoms with E-state index in [9.17, 15) is 0 Å². The van der Waals surface area contributed by atoms with Crippen molar-refractivity contribution in [3.63, 3.8) is 0 Å². The van der Waals surface area contributed by atoms with Crippen LogP contribution >= 0.6 is 0 Å². The molecule has 2 aromatic rings. The van der Waals surface area contributed by atoms with Gasteiger partial charge in [0.2, 0.25) is 0 Å². The molecule has 0 saturated heterocycles. The Balaban J connectivity index is 1.73. The third-order valence-electron chi connectivity index (χ3n) is 2.92. The Labute approximate surface area is 112 Å². The van der Waals surface area contributed by atoms with Crippen molar-refractivity contribution in [2.45, 2.75) is 26.3 Å². The number of unbranched alkanes of at least 4 members (excludes halogenated alkanes) is 1. The number of aryl methyl sites for hydroxylation is 1. The van der Waals surface area contributed by atoms with Gasteiger partial charge >= 0.3 is 0 Å². The first-order valence-electron chi connectivity index (χ1n) is 6.29. The molecule has 2 heterocycles. The van der Waals surface area contributed by atoms with E-state index in [1.54, 1.807) is 6.20 Å². The summed E-state index contributed by atoms with van der Waals surface area (Å²) in [6.07, 6.45) is 9.25. The summed E-state index contributed by atoms with van der Waals surface area (Å²) in [6, 6.07) is 0. The summed E-state index contributed by atoms with van der Waals surface area (Å²) in [5.41, 5.74) is 3.48. The Morgan fingerprint density at radius 3 is 2.84 bits per heavy atom. The van der Waals surface area contributed by atoms with E-state index < -0.39 is 0 Å². The van der Waals surface area contributed by atoms with Gasteiger partial charge in [0.25, 0.3) is 0 Å². The Hall–Kier alpha value is -2.15. The van der Waals surface area contributed by atoms with Crippen LogP contribution in [0.25, 0.3) is 0 Å². The molecule has 0 bridgehead atoms. The number of nitrogens with zero attached hydrogens (tertiary/aromatic N) is 4. The second-order valence-electron chi connectivity index (χ2n) is 4.27. The fraction of sp³-hybridized carbons (Fsp3) is 0.417. The molecule has 19 heavy (non-hydrogen) atoms.